The maximum Gasteiger partial charge on any atom is 0.129 e. The van der Waals surface area contributed by atoms with Gasteiger partial charge >= 0.3 is 0 Å². The third-order valence-corrected chi connectivity index (χ3v) is 3.19. The third kappa shape index (κ3) is 3.41. The molecule has 0 atom stereocenters. The van der Waals surface area contributed by atoms with Crippen molar-refractivity contribution in [1.29, 1.82) is 0 Å². The number of para-hydroxylation sites is 1. The van der Waals surface area contributed by atoms with Crippen molar-refractivity contribution in [3.05, 3.63) is 29.8 Å². The first kappa shape index (κ1) is 12.3. The Hall–Kier alpha value is -1.13. The lowest BCUT2D eigenvalue weighted by Gasteiger charge is -2.22. The summed E-state index contributed by atoms with van der Waals surface area (Å²) in [4.78, 5) is 0.382. The first-order valence-electron chi connectivity index (χ1n) is 5.87. The molecule has 17 heavy (non-hydrogen) atoms. The van der Waals surface area contributed by atoms with Crippen LogP contribution in [0.1, 0.15) is 18.4 Å². The van der Waals surface area contributed by atoms with E-state index in [0.717, 1.165) is 37.4 Å². The van der Waals surface area contributed by atoms with Crippen molar-refractivity contribution in [2.24, 2.45) is 11.7 Å². The molecule has 3 nitrogen and oxygen atoms in total. The molecule has 0 saturated carbocycles. The van der Waals surface area contributed by atoms with Crippen LogP contribution in [0.15, 0.2) is 24.3 Å². The number of ether oxygens (including phenoxy) is 2. The van der Waals surface area contributed by atoms with Crippen molar-refractivity contribution in [2.75, 3.05) is 19.8 Å². The van der Waals surface area contributed by atoms with Gasteiger partial charge in [-0.15, -0.1) is 0 Å². The molecule has 1 aliphatic rings. The number of nitrogens with two attached hydrogens (primary N) is 1. The maximum absolute atomic E-state index is 5.81. The van der Waals surface area contributed by atoms with Crippen LogP contribution < -0.4 is 10.5 Å². The summed E-state index contributed by atoms with van der Waals surface area (Å²) >= 11 is 5.00. The number of rotatable bonds is 4. The summed E-state index contributed by atoms with van der Waals surface area (Å²) in [7, 11) is 0. The highest BCUT2D eigenvalue weighted by Gasteiger charge is 2.15. The molecule has 0 unspecified atom stereocenters. The topological polar surface area (TPSA) is 44.5 Å². The number of benzene rings is 1. The highest BCUT2D eigenvalue weighted by molar-refractivity contribution is 7.80. The predicted octanol–water partition coefficient (Wildman–Crippen LogP) is 2.13. The van der Waals surface area contributed by atoms with Gasteiger partial charge in [0, 0.05) is 13.2 Å². The van der Waals surface area contributed by atoms with Gasteiger partial charge in [-0.2, -0.15) is 0 Å². The summed E-state index contributed by atoms with van der Waals surface area (Å²) < 4.78 is 11.1. The van der Waals surface area contributed by atoms with Crippen LogP contribution in [0.3, 0.4) is 0 Å². The van der Waals surface area contributed by atoms with Crippen LogP contribution in [0.4, 0.5) is 0 Å². The minimum atomic E-state index is 0.382. The summed E-state index contributed by atoms with van der Waals surface area (Å²) in [6.07, 6.45) is 2.13. The van der Waals surface area contributed by atoms with Gasteiger partial charge < -0.3 is 15.2 Å². The van der Waals surface area contributed by atoms with Crippen LogP contribution in [0, 0.1) is 5.92 Å². The van der Waals surface area contributed by atoms with Crippen LogP contribution in [0.25, 0.3) is 0 Å². The molecule has 0 aliphatic carbocycles. The molecular weight excluding hydrogens is 234 g/mol. The van der Waals surface area contributed by atoms with Crippen molar-refractivity contribution in [2.45, 2.75) is 12.8 Å². The monoisotopic (exact) mass is 251 g/mol. The Bertz CT molecular complexity index is 389. The fourth-order valence-corrected chi connectivity index (χ4v) is 2.09. The second-order valence-electron chi connectivity index (χ2n) is 4.23. The average Bonchev–Trinajstić information content (AvgIpc) is 2.38. The van der Waals surface area contributed by atoms with Gasteiger partial charge in [0.25, 0.3) is 0 Å². The molecule has 1 aromatic carbocycles. The minimum absolute atomic E-state index is 0.382. The van der Waals surface area contributed by atoms with Gasteiger partial charge in [-0.1, -0.05) is 24.4 Å². The van der Waals surface area contributed by atoms with Gasteiger partial charge in [0.2, 0.25) is 0 Å². The van der Waals surface area contributed by atoms with E-state index in [2.05, 4.69) is 0 Å². The lowest BCUT2D eigenvalue weighted by Crippen LogP contribution is -2.22. The molecule has 0 radical (unpaired) electrons. The highest BCUT2D eigenvalue weighted by atomic mass is 32.1. The Morgan fingerprint density at radius 2 is 2.06 bits per heavy atom. The van der Waals surface area contributed by atoms with Crippen molar-refractivity contribution < 1.29 is 9.47 Å². The van der Waals surface area contributed by atoms with Crippen molar-refractivity contribution in [3.8, 4) is 5.75 Å². The van der Waals surface area contributed by atoms with Crippen molar-refractivity contribution in [3.63, 3.8) is 0 Å². The van der Waals surface area contributed by atoms with E-state index in [1.807, 2.05) is 24.3 Å². The zero-order valence-electron chi connectivity index (χ0n) is 9.72. The summed E-state index contributed by atoms with van der Waals surface area (Å²) in [5.41, 5.74) is 6.47. The van der Waals surface area contributed by atoms with E-state index in [1.54, 1.807) is 0 Å². The van der Waals surface area contributed by atoms with E-state index in [9.17, 15) is 0 Å². The SMILES string of the molecule is NC(=S)c1ccccc1OCC1CCOCC1. The van der Waals surface area contributed by atoms with Gasteiger partial charge in [-0.05, 0) is 30.9 Å². The molecule has 4 heteroatoms. The molecule has 2 N–H and O–H groups in total. The molecule has 1 saturated heterocycles. The number of hydrogen-bond acceptors (Lipinski definition) is 3. The molecule has 1 heterocycles. The van der Waals surface area contributed by atoms with Crippen LogP contribution in [0.2, 0.25) is 0 Å². The summed E-state index contributed by atoms with van der Waals surface area (Å²) in [6.45, 7) is 2.39. The lowest BCUT2D eigenvalue weighted by molar-refractivity contribution is 0.0497. The predicted molar refractivity (Wildman–Crippen MR) is 71.4 cm³/mol. The first-order valence-corrected chi connectivity index (χ1v) is 6.27. The molecule has 0 aromatic heterocycles. The molecule has 2 rings (SSSR count). The van der Waals surface area contributed by atoms with Crippen molar-refractivity contribution in [1.82, 2.24) is 0 Å². The van der Waals surface area contributed by atoms with Gasteiger partial charge in [-0.25, -0.2) is 0 Å². The van der Waals surface area contributed by atoms with E-state index >= 15 is 0 Å². The Labute approximate surface area is 107 Å². The standard InChI is InChI=1S/C13H17NO2S/c14-13(17)11-3-1-2-4-12(11)16-9-10-5-7-15-8-6-10/h1-4,10H,5-9H2,(H2,14,17). The summed E-state index contributed by atoms with van der Waals surface area (Å²) in [6, 6.07) is 7.65. The average molecular weight is 251 g/mol. The van der Waals surface area contributed by atoms with E-state index in [0.29, 0.717) is 17.5 Å². The molecule has 0 spiro atoms. The normalized spacial score (nSPS) is 16.7. The fraction of sp³-hybridized carbons (Fsp3) is 0.462. The minimum Gasteiger partial charge on any atom is -0.493 e. The zero-order valence-corrected chi connectivity index (χ0v) is 10.5. The number of hydrogen-bond donors (Lipinski definition) is 1. The second-order valence-corrected chi connectivity index (χ2v) is 4.67. The first-order chi connectivity index (χ1) is 8.27. The zero-order chi connectivity index (χ0) is 12.1. The van der Waals surface area contributed by atoms with E-state index < -0.39 is 0 Å². The molecule has 1 aromatic rings. The third-order valence-electron chi connectivity index (χ3n) is 2.97. The smallest absolute Gasteiger partial charge is 0.129 e. The van der Waals surface area contributed by atoms with Crippen LogP contribution in [-0.2, 0) is 4.74 Å². The molecule has 0 amide bonds. The second kappa shape index (κ2) is 5.98. The lowest BCUT2D eigenvalue weighted by atomic mass is 10.0. The molecule has 1 aliphatic heterocycles. The Balaban J connectivity index is 1.96. The Kier molecular flexibility index (Phi) is 4.34. The van der Waals surface area contributed by atoms with Crippen LogP contribution in [0.5, 0.6) is 5.75 Å². The Morgan fingerprint density at radius 3 is 2.76 bits per heavy atom. The highest BCUT2D eigenvalue weighted by Crippen LogP contribution is 2.21. The maximum atomic E-state index is 5.81. The summed E-state index contributed by atoms with van der Waals surface area (Å²) in [5, 5.41) is 0. The molecule has 92 valence electrons. The van der Waals surface area contributed by atoms with Gasteiger partial charge in [0.15, 0.2) is 0 Å². The molecular formula is C13H17NO2S. The van der Waals surface area contributed by atoms with Crippen LogP contribution in [-0.4, -0.2) is 24.8 Å². The van der Waals surface area contributed by atoms with Gasteiger partial charge in [-0.3, -0.25) is 0 Å². The number of thiocarbonyl (C=S) groups is 1. The van der Waals surface area contributed by atoms with Crippen molar-refractivity contribution >= 4 is 17.2 Å². The molecule has 0 bridgehead atoms. The largest absolute Gasteiger partial charge is 0.493 e. The van der Waals surface area contributed by atoms with E-state index in [-0.39, 0.29) is 0 Å². The molecule has 1 fully saturated rings. The summed E-state index contributed by atoms with van der Waals surface area (Å²) in [5.74, 6) is 1.36. The quantitative estimate of drug-likeness (QED) is 0.833. The van der Waals surface area contributed by atoms with Crippen LogP contribution >= 0.6 is 12.2 Å². The van der Waals surface area contributed by atoms with Gasteiger partial charge in [0.1, 0.15) is 10.7 Å². The van der Waals surface area contributed by atoms with E-state index in [1.165, 1.54) is 0 Å². The fourth-order valence-electron chi connectivity index (χ4n) is 1.92. The Morgan fingerprint density at radius 1 is 1.35 bits per heavy atom. The van der Waals surface area contributed by atoms with E-state index in [4.69, 9.17) is 27.4 Å². The van der Waals surface area contributed by atoms with Gasteiger partial charge in [0.05, 0.1) is 12.2 Å².